The summed E-state index contributed by atoms with van der Waals surface area (Å²) in [6.07, 6.45) is 1.66. The Bertz CT molecular complexity index is 1740. The Labute approximate surface area is 288 Å². The molecule has 2 aromatic heterocycles. The lowest BCUT2D eigenvalue weighted by atomic mass is 10.0. The molecule has 0 unspecified atom stereocenters. The number of carbonyl (C=O) groups is 4. The Morgan fingerprint density at radius 2 is 1.14 bits per heavy atom. The van der Waals surface area contributed by atoms with Gasteiger partial charge in [-0.3, -0.25) is 9.59 Å². The molecule has 2 aliphatic heterocycles. The van der Waals surface area contributed by atoms with Gasteiger partial charge in [0.15, 0.2) is 0 Å². The third kappa shape index (κ3) is 7.07. The van der Waals surface area contributed by atoms with E-state index < -0.39 is 24.3 Å². The van der Waals surface area contributed by atoms with Gasteiger partial charge in [0.05, 0.1) is 61.6 Å². The summed E-state index contributed by atoms with van der Waals surface area (Å²) in [4.78, 5) is 70.6. The monoisotopic (exact) mass is 690 g/mol. The predicted octanol–water partition coefficient (Wildman–Crippen LogP) is 3.18. The van der Waals surface area contributed by atoms with Gasteiger partial charge in [-0.1, -0.05) is 12.1 Å². The Morgan fingerprint density at radius 3 is 1.52 bits per heavy atom. The van der Waals surface area contributed by atoms with Crippen LogP contribution >= 0.6 is 0 Å². The van der Waals surface area contributed by atoms with Gasteiger partial charge < -0.3 is 49.3 Å². The quantitative estimate of drug-likeness (QED) is 0.182. The summed E-state index contributed by atoms with van der Waals surface area (Å²) in [5, 5.41) is 5.14. The van der Waals surface area contributed by atoms with Crippen molar-refractivity contribution in [1.82, 2.24) is 40.4 Å². The van der Waals surface area contributed by atoms with Gasteiger partial charge in [-0.25, -0.2) is 19.6 Å². The van der Waals surface area contributed by atoms with Gasteiger partial charge in [0.25, 0.3) is 0 Å². The van der Waals surface area contributed by atoms with Crippen LogP contribution in [0.3, 0.4) is 0 Å². The van der Waals surface area contributed by atoms with Crippen LogP contribution in [0.4, 0.5) is 9.59 Å². The molecule has 4 aromatic rings. The zero-order chi connectivity index (χ0) is 35.4. The highest BCUT2D eigenvalue weighted by Crippen LogP contribution is 2.35. The maximum atomic E-state index is 13.5. The lowest BCUT2D eigenvalue weighted by Gasteiger charge is -2.27. The molecule has 4 amide bonds. The molecule has 16 nitrogen and oxygen atoms in total. The number of hydrogen-bond donors (Lipinski definition) is 4. The molecular weight excluding hydrogens is 648 g/mol. The van der Waals surface area contributed by atoms with Crippen molar-refractivity contribution < 1.29 is 38.1 Å². The summed E-state index contributed by atoms with van der Waals surface area (Å²) in [6.45, 7) is 1.10. The number of aromatic amines is 2. The third-order valence-corrected chi connectivity index (χ3v) is 9.25. The highest BCUT2D eigenvalue weighted by molar-refractivity contribution is 5.89. The lowest BCUT2D eigenvalue weighted by molar-refractivity contribution is -0.136. The van der Waals surface area contributed by atoms with Crippen LogP contribution in [0.1, 0.15) is 49.4 Å². The summed E-state index contributed by atoms with van der Waals surface area (Å²) in [5.41, 5.74) is 5.12. The molecule has 4 heterocycles. The molecule has 0 aliphatic carbocycles. The summed E-state index contributed by atoms with van der Waals surface area (Å²) >= 11 is 0. The highest BCUT2D eigenvalue weighted by atomic mass is 16.5. The van der Waals surface area contributed by atoms with Crippen molar-refractivity contribution in [2.45, 2.75) is 49.9 Å². The third-order valence-electron chi connectivity index (χ3n) is 9.25. The van der Waals surface area contributed by atoms with Crippen LogP contribution in [0.25, 0.3) is 33.2 Å². The molecule has 2 fully saturated rings. The fourth-order valence-electron chi connectivity index (χ4n) is 6.85. The van der Waals surface area contributed by atoms with Crippen molar-refractivity contribution in [3.8, 4) is 11.1 Å². The molecule has 2 saturated heterocycles. The van der Waals surface area contributed by atoms with Crippen molar-refractivity contribution in [2.75, 3.05) is 54.7 Å². The molecule has 0 bridgehead atoms. The number of rotatable bonds is 11. The van der Waals surface area contributed by atoms with E-state index >= 15 is 0 Å². The van der Waals surface area contributed by atoms with Gasteiger partial charge in [0, 0.05) is 27.3 Å². The van der Waals surface area contributed by atoms with E-state index in [1.54, 1.807) is 9.80 Å². The SMILES string of the molecule is COC[C@H](NC(=O)OC)C(=O)N1CCC[C@H]1c1nc2ccc(-c3ccc4nc([C@@H]5CCCN5C(=O)[C@H](COC)NC(=O)OC)[nH]c4c3)cc2[nH]1. The van der Waals surface area contributed by atoms with Gasteiger partial charge in [-0.2, -0.15) is 0 Å². The van der Waals surface area contributed by atoms with Crippen molar-refractivity contribution in [2.24, 2.45) is 0 Å². The minimum Gasteiger partial charge on any atom is -0.453 e. The van der Waals surface area contributed by atoms with Crippen LogP contribution in [0.15, 0.2) is 36.4 Å². The van der Waals surface area contributed by atoms with E-state index in [9.17, 15) is 19.2 Å². The van der Waals surface area contributed by atoms with Crippen LogP contribution in [0, 0.1) is 0 Å². The standard InChI is InChI=1S/C34H42N8O8/c1-47-17-25(39-33(45)49-3)31(43)41-13-5-7-27(41)29-35-21-11-9-19(15-23(21)37-29)20-10-12-22-24(16-20)38-30(36-22)28-8-6-14-42(28)32(44)26(18-48-2)40-34(46)50-4/h9-12,15-16,25-28H,5-8,13-14,17-18H2,1-4H3,(H,35,37)(H,36,38)(H,39,45)(H,40,46)/t25-,26-,27-,28-/m0/s1. The number of alkyl carbamates (subject to hydrolysis) is 2. The molecule has 2 aromatic carbocycles. The molecule has 4 atom stereocenters. The molecular formula is C34H42N8O8. The maximum Gasteiger partial charge on any atom is 0.407 e. The number of likely N-dealkylation sites (tertiary alicyclic amines) is 2. The second-order valence-electron chi connectivity index (χ2n) is 12.4. The van der Waals surface area contributed by atoms with Gasteiger partial charge in [0.1, 0.15) is 23.7 Å². The van der Waals surface area contributed by atoms with Crippen LogP contribution in [0.2, 0.25) is 0 Å². The number of methoxy groups -OCH3 is 4. The first-order valence-electron chi connectivity index (χ1n) is 16.5. The molecule has 6 rings (SSSR count). The number of benzene rings is 2. The number of imidazole rings is 2. The molecule has 16 heteroatoms. The smallest absolute Gasteiger partial charge is 0.407 e. The normalized spacial score (nSPS) is 18.7. The van der Waals surface area contributed by atoms with E-state index in [0.29, 0.717) is 24.7 Å². The average molecular weight is 691 g/mol. The fourth-order valence-corrected chi connectivity index (χ4v) is 6.85. The molecule has 50 heavy (non-hydrogen) atoms. The second-order valence-corrected chi connectivity index (χ2v) is 12.4. The van der Waals surface area contributed by atoms with Crippen LogP contribution in [-0.4, -0.2) is 121 Å². The number of H-pyrrole nitrogens is 2. The van der Waals surface area contributed by atoms with Crippen molar-refractivity contribution in [3.63, 3.8) is 0 Å². The molecule has 0 spiro atoms. The number of nitrogens with zero attached hydrogens (tertiary/aromatic N) is 4. The number of carbonyl (C=O) groups excluding carboxylic acids is 4. The number of hydrogen-bond acceptors (Lipinski definition) is 10. The zero-order valence-electron chi connectivity index (χ0n) is 28.5. The minimum absolute atomic E-state index is 0.0171. The van der Waals surface area contributed by atoms with E-state index in [-0.39, 0.29) is 37.1 Å². The molecule has 4 N–H and O–H groups in total. The molecule has 0 saturated carbocycles. The Balaban J connectivity index is 1.21. The zero-order valence-corrected chi connectivity index (χ0v) is 28.5. The van der Waals surface area contributed by atoms with Gasteiger partial charge >= 0.3 is 12.2 Å². The van der Waals surface area contributed by atoms with E-state index in [0.717, 1.165) is 58.9 Å². The van der Waals surface area contributed by atoms with Gasteiger partial charge in [-0.15, -0.1) is 0 Å². The largest absolute Gasteiger partial charge is 0.453 e. The van der Waals surface area contributed by atoms with Gasteiger partial charge in [0.2, 0.25) is 11.8 Å². The highest BCUT2D eigenvalue weighted by Gasteiger charge is 2.38. The predicted molar refractivity (Wildman–Crippen MR) is 181 cm³/mol. The van der Waals surface area contributed by atoms with Gasteiger partial charge in [-0.05, 0) is 61.1 Å². The first kappa shape index (κ1) is 34.6. The first-order chi connectivity index (χ1) is 24.2. The van der Waals surface area contributed by atoms with E-state index in [2.05, 4.69) is 20.6 Å². The minimum atomic E-state index is -0.879. The van der Waals surface area contributed by atoms with Crippen molar-refractivity contribution in [1.29, 1.82) is 0 Å². The van der Waals surface area contributed by atoms with Crippen molar-refractivity contribution >= 4 is 46.1 Å². The molecule has 0 radical (unpaired) electrons. The number of fused-ring (bicyclic) bond motifs is 2. The van der Waals surface area contributed by atoms with Crippen LogP contribution in [-0.2, 0) is 28.5 Å². The topological polar surface area (TPSA) is 193 Å². The van der Waals surface area contributed by atoms with E-state index in [1.807, 2.05) is 36.4 Å². The van der Waals surface area contributed by atoms with E-state index in [1.165, 1.54) is 28.4 Å². The van der Waals surface area contributed by atoms with Crippen LogP contribution < -0.4 is 10.6 Å². The summed E-state index contributed by atoms with van der Waals surface area (Å²) in [7, 11) is 5.44. The lowest BCUT2D eigenvalue weighted by Crippen LogP contribution is -2.50. The fraction of sp³-hybridized carbons (Fsp3) is 0.471. The van der Waals surface area contributed by atoms with Crippen LogP contribution in [0.5, 0.6) is 0 Å². The summed E-state index contributed by atoms with van der Waals surface area (Å²) < 4.78 is 19.8. The second kappa shape index (κ2) is 15.1. The Kier molecular flexibility index (Phi) is 10.5. The first-order valence-corrected chi connectivity index (χ1v) is 16.5. The molecule has 266 valence electrons. The van der Waals surface area contributed by atoms with Crippen molar-refractivity contribution in [3.05, 3.63) is 48.0 Å². The molecule has 2 aliphatic rings. The average Bonchev–Trinajstić information content (AvgIpc) is 3.95. The number of amides is 4. The van der Waals surface area contributed by atoms with E-state index in [4.69, 9.17) is 28.9 Å². The maximum absolute atomic E-state index is 13.5. The number of nitrogens with one attached hydrogen (secondary N) is 4. The summed E-state index contributed by atoms with van der Waals surface area (Å²) in [5.74, 6) is 0.837. The summed E-state index contributed by atoms with van der Waals surface area (Å²) in [6, 6.07) is 9.63. The Morgan fingerprint density at radius 1 is 0.720 bits per heavy atom. The Hall–Kier alpha value is -5.22. The number of ether oxygens (including phenoxy) is 4. The number of aromatic nitrogens is 4.